The van der Waals surface area contributed by atoms with Crippen LogP contribution in [0.4, 0.5) is 0 Å². The normalized spacial score (nSPS) is 20.8. The minimum Gasteiger partial charge on any atom is -0.373 e. The first-order valence-electron chi connectivity index (χ1n) is 10.8. The highest BCUT2D eigenvalue weighted by Gasteiger charge is 2.21. The van der Waals surface area contributed by atoms with Crippen LogP contribution in [0.3, 0.4) is 0 Å². The lowest BCUT2D eigenvalue weighted by molar-refractivity contribution is -0.0681. The first-order chi connectivity index (χ1) is 13.5. The van der Waals surface area contributed by atoms with Crippen molar-refractivity contribution in [1.29, 1.82) is 0 Å². The zero-order valence-corrected chi connectivity index (χ0v) is 17.9. The van der Waals surface area contributed by atoms with Crippen LogP contribution in [0.2, 0.25) is 0 Å². The van der Waals surface area contributed by atoms with Crippen LogP contribution in [-0.2, 0) is 11.3 Å². The molecule has 0 spiro atoms. The van der Waals surface area contributed by atoms with Gasteiger partial charge in [0, 0.05) is 31.4 Å². The monoisotopic (exact) mass is 384 g/mol. The fourth-order valence-electron chi connectivity index (χ4n) is 4.03. The standard InChI is InChI=1S/C23H36N4O/c1-18(2)23-21(17-27(25-23)22-10-6-5-7-11-22)14-24-12-8-9-13-26-15-19(3)28-20(4)16-26/h5-7,10-11,17-20,24H,8-9,12-16H2,1-4H3/t19-,20-/m0/s1. The second-order valence-corrected chi connectivity index (χ2v) is 8.38. The zero-order chi connectivity index (χ0) is 19.9. The molecular formula is C23H36N4O. The number of unbranched alkanes of at least 4 members (excludes halogenated alkanes) is 1. The highest BCUT2D eigenvalue weighted by molar-refractivity contribution is 5.33. The lowest BCUT2D eigenvalue weighted by Crippen LogP contribution is -2.45. The van der Waals surface area contributed by atoms with E-state index < -0.39 is 0 Å². The van der Waals surface area contributed by atoms with Crippen molar-refractivity contribution in [3.63, 3.8) is 0 Å². The van der Waals surface area contributed by atoms with Crippen LogP contribution in [-0.4, -0.2) is 53.1 Å². The number of nitrogens with one attached hydrogen (secondary N) is 1. The summed E-state index contributed by atoms with van der Waals surface area (Å²) in [7, 11) is 0. The molecule has 5 nitrogen and oxygen atoms in total. The fourth-order valence-corrected chi connectivity index (χ4v) is 4.03. The van der Waals surface area contributed by atoms with Gasteiger partial charge in [0.2, 0.25) is 0 Å². The number of hydrogen-bond donors (Lipinski definition) is 1. The van der Waals surface area contributed by atoms with E-state index in [0.29, 0.717) is 18.1 Å². The second-order valence-electron chi connectivity index (χ2n) is 8.38. The van der Waals surface area contributed by atoms with Crippen LogP contribution in [0.25, 0.3) is 5.69 Å². The Kier molecular flexibility index (Phi) is 7.65. The summed E-state index contributed by atoms with van der Waals surface area (Å²) in [6.07, 6.45) is 5.32. The molecule has 2 aromatic rings. The van der Waals surface area contributed by atoms with Crippen molar-refractivity contribution in [2.75, 3.05) is 26.2 Å². The molecule has 1 aromatic heterocycles. The van der Waals surface area contributed by atoms with Gasteiger partial charge in [-0.15, -0.1) is 0 Å². The van der Waals surface area contributed by atoms with E-state index in [1.807, 2.05) is 10.7 Å². The average Bonchev–Trinajstić information content (AvgIpc) is 3.09. The van der Waals surface area contributed by atoms with Gasteiger partial charge < -0.3 is 10.1 Å². The minimum atomic E-state index is 0.359. The Labute approximate surface area is 170 Å². The van der Waals surface area contributed by atoms with E-state index >= 15 is 0 Å². The van der Waals surface area contributed by atoms with E-state index in [9.17, 15) is 0 Å². The molecule has 0 aliphatic carbocycles. The number of nitrogens with zero attached hydrogens (tertiary/aromatic N) is 3. The second kappa shape index (κ2) is 10.2. The molecule has 3 rings (SSSR count). The third-order valence-electron chi connectivity index (χ3n) is 5.28. The maximum Gasteiger partial charge on any atom is 0.0699 e. The predicted octanol–water partition coefficient (Wildman–Crippen LogP) is 3.97. The third-order valence-corrected chi connectivity index (χ3v) is 5.28. The van der Waals surface area contributed by atoms with E-state index in [1.165, 1.54) is 30.6 Å². The summed E-state index contributed by atoms with van der Waals surface area (Å²) < 4.78 is 7.82. The number of hydrogen-bond acceptors (Lipinski definition) is 4. The largest absolute Gasteiger partial charge is 0.373 e. The molecule has 0 radical (unpaired) electrons. The van der Waals surface area contributed by atoms with Crippen molar-refractivity contribution in [3.8, 4) is 5.69 Å². The van der Waals surface area contributed by atoms with E-state index in [0.717, 1.165) is 31.9 Å². The summed E-state index contributed by atoms with van der Waals surface area (Å²) in [5, 5.41) is 8.45. The molecule has 0 bridgehead atoms. The predicted molar refractivity (Wildman–Crippen MR) is 115 cm³/mol. The topological polar surface area (TPSA) is 42.3 Å². The molecule has 1 aliphatic rings. The van der Waals surface area contributed by atoms with Gasteiger partial charge in [0.1, 0.15) is 0 Å². The zero-order valence-electron chi connectivity index (χ0n) is 17.9. The third kappa shape index (κ3) is 5.90. The number of aromatic nitrogens is 2. The summed E-state index contributed by atoms with van der Waals surface area (Å²) >= 11 is 0. The molecule has 28 heavy (non-hydrogen) atoms. The van der Waals surface area contributed by atoms with E-state index in [-0.39, 0.29) is 0 Å². The van der Waals surface area contributed by atoms with Gasteiger partial charge in [-0.25, -0.2) is 4.68 Å². The molecular weight excluding hydrogens is 348 g/mol. The first-order valence-corrected chi connectivity index (χ1v) is 10.8. The van der Waals surface area contributed by atoms with E-state index in [1.54, 1.807) is 0 Å². The Balaban J connectivity index is 1.44. The van der Waals surface area contributed by atoms with Gasteiger partial charge >= 0.3 is 0 Å². The highest BCUT2D eigenvalue weighted by atomic mass is 16.5. The Morgan fingerprint density at radius 2 is 1.82 bits per heavy atom. The molecule has 1 aliphatic heterocycles. The molecule has 0 saturated carbocycles. The number of para-hydroxylation sites is 1. The first kappa shape index (κ1) is 21.0. The summed E-state index contributed by atoms with van der Waals surface area (Å²) in [5.41, 5.74) is 3.60. The Hall–Kier alpha value is -1.69. The molecule has 0 amide bonds. The van der Waals surface area contributed by atoms with Crippen molar-refractivity contribution < 1.29 is 4.74 Å². The fraction of sp³-hybridized carbons (Fsp3) is 0.609. The number of ether oxygens (including phenoxy) is 1. The minimum absolute atomic E-state index is 0.359. The Morgan fingerprint density at radius 1 is 1.11 bits per heavy atom. The molecule has 1 aromatic carbocycles. The Bertz CT molecular complexity index is 703. The van der Waals surface area contributed by atoms with Gasteiger partial charge in [-0.3, -0.25) is 4.90 Å². The van der Waals surface area contributed by atoms with Crippen molar-refractivity contribution in [2.45, 2.75) is 65.2 Å². The lowest BCUT2D eigenvalue weighted by atomic mass is 10.1. The summed E-state index contributed by atoms with van der Waals surface area (Å²) in [5.74, 6) is 0.423. The molecule has 154 valence electrons. The molecule has 1 saturated heterocycles. The SMILES string of the molecule is CC(C)c1nn(-c2ccccc2)cc1CNCCCCN1C[C@H](C)O[C@@H](C)C1. The molecule has 2 heterocycles. The average molecular weight is 385 g/mol. The van der Waals surface area contributed by atoms with E-state index in [4.69, 9.17) is 9.84 Å². The maximum absolute atomic E-state index is 5.81. The number of benzene rings is 1. The van der Waals surface area contributed by atoms with Crippen LogP contribution >= 0.6 is 0 Å². The Morgan fingerprint density at radius 3 is 2.50 bits per heavy atom. The maximum atomic E-state index is 5.81. The summed E-state index contributed by atoms with van der Waals surface area (Å²) in [4.78, 5) is 2.54. The lowest BCUT2D eigenvalue weighted by Gasteiger charge is -2.35. The van der Waals surface area contributed by atoms with Crippen molar-refractivity contribution in [3.05, 3.63) is 47.8 Å². The quantitative estimate of drug-likeness (QED) is 0.664. The smallest absolute Gasteiger partial charge is 0.0699 e. The van der Waals surface area contributed by atoms with Gasteiger partial charge in [0.25, 0.3) is 0 Å². The molecule has 1 fully saturated rings. The van der Waals surface area contributed by atoms with Crippen LogP contribution in [0.5, 0.6) is 0 Å². The van der Waals surface area contributed by atoms with Crippen LogP contribution in [0.1, 0.15) is 57.7 Å². The van der Waals surface area contributed by atoms with Crippen molar-refractivity contribution in [2.24, 2.45) is 0 Å². The summed E-state index contributed by atoms with van der Waals surface area (Å²) in [6, 6.07) is 10.3. The van der Waals surface area contributed by atoms with E-state index in [2.05, 4.69) is 68.4 Å². The number of rotatable bonds is 9. The van der Waals surface area contributed by atoms with Gasteiger partial charge in [0.05, 0.1) is 23.6 Å². The van der Waals surface area contributed by atoms with Gasteiger partial charge in [-0.1, -0.05) is 32.0 Å². The van der Waals surface area contributed by atoms with Crippen LogP contribution in [0, 0.1) is 0 Å². The van der Waals surface area contributed by atoms with Crippen molar-refractivity contribution >= 4 is 0 Å². The van der Waals surface area contributed by atoms with Crippen LogP contribution < -0.4 is 5.32 Å². The van der Waals surface area contributed by atoms with Crippen LogP contribution in [0.15, 0.2) is 36.5 Å². The van der Waals surface area contributed by atoms with Crippen molar-refractivity contribution in [1.82, 2.24) is 20.0 Å². The molecule has 2 atom stereocenters. The van der Waals surface area contributed by atoms with Gasteiger partial charge in [0.15, 0.2) is 0 Å². The van der Waals surface area contributed by atoms with Gasteiger partial charge in [-0.2, -0.15) is 5.10 Å². The molecule has 0 unspecified atom stereocenters. The van der Waals surface area contributed by atoms with Gasteiger partial charge in [-0.05, 0) is 57.8 Å². The molecule has 1 N–H and O–H groups in total. The highest BCUT2D eigenvalue weighted by Crippen LogP contribution is 2.20. The number of morpholine rings is 1. The molecule has 5 heteroatoms. The summed E-state index contributed by atoms with van der Waals surface area (Å²) in [6.45, 7) is 14.0.